The number of hydrogen-bond donors (Lipinski definition) is 0. The van der Waals surface area contributed by atoms with Crippen LogP contribution in [0.1, 0.15) is 32.9 Å². The number of nitrogens with zero attached hydrogens (tertiary/aromatic N) is 3. The number of rotatable bonds is 5. The Morgan fingerprint density at radius 2 is 2.04 bits per heavy atom. The standard InChI is InChI=1S/C19H18BrN3O/c1-13-4-3-5-15(6-13)8-17-10-21-12-23(17)11-18(24)16-7-14(2)22-19(20)9-16/h3-7,9-10,12H,8,11H2,1-2H3. The van der Waals surface area contributed by atoms with Gasteiger partial charge < -0.3 is 4.57 Å². The SMILES string of the molecule is Cc1cccc(Cc2cncn2CC(=O)c2cc(C)nc(Br)c2)c1. The summed E-state index contributed by atoms with van der Waals surface area (Å²) < 4.78 is 2.59. The molecule has 0 aliphatic carbocycles. The highest BCUT2D eigenvalue weighted by Gasteiger charge is 2.12. The molecule has 0 spiro atoms. The zero-order valence-corrected chi connectivity index (χ0v) is 15.2. The van der Waals surface area contributed by atoms with Crippen molar-refractivity contribution in [3.05, 3.63) is 81.6 Å². The van der Waals surface area contributed by atoms with E-state index < -0.39 is 0 Å². The van der Waals surface area contributed by atoms with E-state index in [9.17, 15) is 4.79 Å². The fourth-order valence-electron chi connectivity index (χ4n) is 2.70. The van der Waals surface area contributed by atoms with Gasteiger partial charge in [-0.2, -0.15) is 0 Å². The number of pyridine rings is 1. The van der Waals surface area contributed by atoms with E-state index in [2.05, 4.69) is 51.0 Å². The van der Waals surface area contributed by atoms with E-state index in [1.165, 1.54) is 11.1 Å². The minimum Gasteiger partial charge on any atom is -0.326 e. The van der Waals surface area contributed by atoms with Crippen LogP contribution in [0.15, 0.2) is 53.5 Å². The lowest BCUT2D eigenvalue weighted by Crippen LogP contribution is -2.13. The molecular weight excluding hydrogens is 366 g/mol. The number of Topliss-reactive ketones (excluding diaryl/α,β-unsaturated/α-hetero) is 1. The molecule has 0 radical (unpaired) electrons. The van der Waals surface area contributed by atoms with Crippen molar-refractivity contribution in [2.24, 2.45) is 0 Å². The fourth-order valence-corrected chi connectivity index (χ4v) is 3.23. The van der Waals surface area contributed by atoms with Crippen molar-refractivity contribution in [1.29, 1.82) is 0 Å². The average Bonchev–Trinajstić information content (AvgIpc) is 2.93. The van der Waals surface area contributed by atoms with Gasteiger partial charge in [0.15, 0.2) is 5.78 Å². The van der Waals surface area contributed by atoms with Crippen LogP contribution < -0.4 is 0 Å². The van der Waals surface area contributed by atoms with Crippen LogP contribution in [-0.4, -0.2) is 20.3 Å². The Morgan fingerprint density at radius 3 is 2.79 bits per heavy atom. The third-order valence-electron chi connectivity index (χ3n) is 3.82. The molecule has 0 unspecified atom stereocenters. The molecule has 0 atom stereocenters. The third-order valence-corrected chi connectivity index (χ3v) is 4.23. The molecule has 0 aliphatic rings. The molecule has 0 bridgehead atoms. The normalized spacial score (nSPS) is 10.8. The van der Waals surface area contributed by atoms with Crippen LogP contribution in [0.2, 0.25) is 0 Å². The summed E-state index contributed by atoms with van der Waals surface area (Å²) in [5.74, 6) is 0.0460. The van der Waals surface area contributed by atoms with Gasteiger partial charge in [-0.1, -0.05) is 29.8 Å². The van der Waals surface area contributed by atoms with Gasteiger partial charge in [0.2, 0.25) is 0 Å². The second-order valence-corrected chi connectivity index (χ2v) is 6.73. The molecule has 0 saturated heterocycles. The first kappa shape index (κ1) is 16.6. The molecule has 0 aliphatic heterocycles. The summed E-state index contributed by atoms with van der Waals surface area (Å²) >= 11 is 3.34. The molecule has 5 heteroatoms. The number of benzene rings is 1. The number of aromatic nitrogens is 3. The van der Waals surface area contributed by atoms with E-state index in [4.69, 9.17) is 0 Å². The van der Waals surface area contributed by atoms with Gasteiger partial charge in [-0.15, -0.1) is 0 Å². The van der Waals surface area contributed by atoms with Crippen LogP contribution in [0.4, 0.5) is 0 Å². The highest BCUT2D eigenvalue weighted by atomic mass is 79.9. The highest BCUT2D eigenvalue weighted by molar-refractivity contribution is 9.10. The topological polar surface area (TPSA) is 47.8 Å². The Kier molecular flexibility index (Phi) is 4.90. The number of halogens is 1. The molecule has 0 amide bonds. The average molecular weight is 384 g/mol. The van der Waals surface area contributed by atoms with Gasteiger partial charge in [-0.25, -0.2) is 9.97 Å². The predicted molar refractivity (Wildman–Crippen MR) is 97.2 cm³/mol. The van der Waals surface area contributed by atoms with Gasteiger partial charge in [0, 0.05) is 29.6 Å². The summed E-state index contributed by atoms with van der Waals surface area (Å²) in [5, 5.41) is 0. The largest absolute Gasteiger partial charge is 0.326 e. The number of carbonyl (C=O) groups excluding carboxylic acids is 1. The lowest BCUT2D eigenvalue weighted by Gasteiger charge is -2.09. The molecular formula is C19H18BrN3O. The molecule has 4 nitrogen and oxygen atoms in total. The number of ketones is 1. The predicted octanol–water partition coefficient (Wildman–Crippen LogP) is 4.13. The van der Waals surface area contributed by atoms with E-state index in [0.717, 1.165) is 17.8 Å². The van der Waals surface area contributed by atoms with Crippen molar-refractivity contribution >= 4 is 21.7 Å². The summed E-state index contributed by atoms with van der Waals surface area (Å²) in [4.78, 5) is 21.0. The van der Waals surface area contributed by atoms with Gasteiger partial charge in [0.1, 0.15) is 4.60 Å². The van der Waals surface area contributed by atoms with Crippen LogP contribution in [0.3, 0.4) is 0 Å². The Bertz CT molecular complexity index is 866. The molecule has 122 valence electrons. The van der Waals surface area contributed by atoms with Crippen LogP contribution >= 0.6 is 15.9 Å². The monoisotopic (exact) mass is 383 g/mol. The summed E-state index contributed by atoms with van der Waals surface area (Å²) in [6.07, 6.45) is 4.30. The molecule has 2 aromatic heterocycles. The third kappa shape index (κ3) is 3.97. The number of imidazole rings is 1. The Balaban J connectivity index is 1.79. The summed E-state index contributed by atoms with van der Waals surface area (Å²) in [6, 6.07) is 11.9. The molecule has 3 rings (SSSR count). The first-order chi connectivity index (χ1) is 11.5. The molecule has 0 N–H and O–H groups in total. The maximum absolute atomic E-state index is 12.6. The van der Waals surface area contributed by atoms with Crippen LogP contribution in [-0.2, 0) is 13.0 Å². The first-order valence-corrected chi connectivity index (χ1v) is 8.52. The van der Waals surface area contributed by atoms with Crippen LogP contribution in [0.25, 0.3) is 0 Å². The van der Waals surface area contributed by atoms with Crippen molar-refractivity contribution in [3.8, 4) is 0 Å². The maximum Gasteiger partial charge on any atom is 0.182 e. The smallest absolute Gasteiger partial charge is 0.182 e. The fraction of sp³-hybridized carbons (Fsp3) is 0.211. The van der Waals surface area contributed by atoms with Crippen molar-refractivity contribution < 1.29 is 4.79 Å². The second-order valence-electron chi connectivity index (χ2n) is 5.92. The number of hydrogen-bond acceptors (Lipinski definition) is 3. The second kappa shape index (κ2) is 7.09. The number of aryl methyl sites for hydroxylation is 2. The Hall–Kier alpha value is -2.27. The highest BCUT2D eigenvalue weighted by Crippen LogP contribution is 2.15. The molecule has 0 fully saturated rings. The van der Waals surface area contributed by atoms with Gasteiger partial charge >= 0.3 is 0 Å². The van der Waals surface area contributed by atoms with Crippen LogP contribution in [0, 0.1) is 13.8 Å². The quantitative estimate of drug-likeness (QED) is 0.491. The summed E-state index contributed by atoms with van der Waals surface area (Å²) in [6.45, 7) is 4.23. The Morgan fingerprint density at radius 1 is 1.21 bits per heavy atom. The minimum absolute atomic E-state index is 0.0460. The van der Waals surface area contributed by atoms with Gasteiger partial charge in [0.05, 0.1) is 12.9 Å². The van der Waals surface area contributed by atoms with Crippen molar-refractivity contribution in [1.82, 2.24) is 14.5 Å². The van der Waals surface area contributed by atoms with Crippen molar-refractivity contribution in [2.75, 3.05) is 0 Å². The summed E-state index contributed by atoms with van der Waals surface area (Å²) in [7, 11) is 0. The van der Waals surface area contributed by atoms with Gasteiger partial charge in [-0.05, 0) is 47.5 Å². The molecule has 2 heterocycles. The van der Waals surface area contributed by atoms with E-state index in [-0.39, 0.29) is 12.3 Å². The van der Waals surface area contributed by atoms with Crippen molar-refractivity contribution in [2.45, 2.75) is 26.8 Å². The van der Waals surface area contributed by atoms with Crippen LogP contribution in [0.5, 0.6) is 0 Å². The molecule has 24 heavy (non-hydrogen) atoms. The minimum atomic E-state index is 0.0460. The first-order valence-electron chi connectivity index (χ1n) is 7.73. The molecule has 1 aromatic carbocycles. The van der Waals surface area contributed by atoms with E-state index in [1.54, 1.807) is 12.4 Å². The molecule has 0 saturated carbocycles. The Labute approximate surface area is 149 Å². The van der Waals surface area contributed by atoms with E-state index in [0.29, 0.717) is 10.2 Å². The van der Waals surface area contributed by atoms with Crippen molar-refractivity contribution in [3.63, 3.8) is 0 Å². The molecule has 3 aromatic rings. The van der Waals surface area contributed by atoms with E-state index in [1.807, 2.05) is 29.8 Å². The van der Waals surface area contributed by atoms with Gasteiger partial charge in [0.25, 0.3) is 0 Å². The number of carbonyl (C=O) groups is 1. The lowest BCUT2D eigenvalue weighted by atomic mass is 10.1. The zero-order valence-electron chi connectivity index (χ0n) is 13.7. The maximum atomic E-state index is 12.6. The van der Waals surface area contributed by atoms with E-state index >= 15 is 0 Å². The van der Waals surface area contributed by atoms with Gasteiger partial charge in [-0.3, -0.25) is 4.79 Å². The zero-order chi connectivity index (χ0) is 17.1. The lowest BCUT2D eigenvalue weighted by molar-refractivity contribution is 0.0971. The summed E-state index contributed by atoms with van der Waals surface area (Å²) in [5.41, 5.74) is 4.94.